The van der Waals surface area contributed by atoms with Gasteiger partial charge in [0.15, 0.2) is 0 Å². The van der Waals surface area contributed by atoms with Crippen LogP contribution < -0.4 is 0 Å². The Morgan fingerprint density at radius 1 is 0.632 bits per heavy atom. The minimum atomic E-state index is 1.03. The molecule has 0 fully saturated rings. The highest BCUT2D eigenvalue weighted by Crippen LogP contribution is 2.25. The molecule has 2 aromatic carbocycles. The van der Waals surface area contributed by atoms with Gasteiger partial charge in [0.05, 0.1) is 0 Å². The summed E-state index contributed by atoms with van der Waals surface area (Å²) in [4.78, 5) is 0. The lowest BCUT2D eigenvalue weighted by Crippen LogP contribution is -2.00. The highest BCUT2D eigenvalue weighted by molar-refractivity contribution is 14.1. The van der Waals surface area contributed by atoms with Gasteiger partial charge >= 0.3 is 0 Å². The van der Waals surface area contributed by atoms with Gasteiger partial charge in [0.25, 0.3) is 0 Å². The zero-order valence-corrected chi connectivity index (χ0v) is 16.1. The maximum atomic E-state index is 2.41. The van der Waals surface area contributed by atoms with Gasteiger partial charge in [0, 0.05) is 7.14 Å². The van der Waals surface area contributed by atoms with E-state index in [0.29, 0.717) is 0 Å². The van der Waals surface area contributed by atoms with Gasteiger partial charge in [0.1, 0.15) is 0 Å². The molecule has 0 saturated carbocycles. The summed E-state index contributed by atoms with van der Waals surface area (Å²) in [6.45, 7) is 8.91. The van der Waals surface area contributed by atoms with Gasteiger partial charge < -0.3 is 0 Å². The average Bonchev–Trinajstić information content (AvgIpc) is 2.39. The molecule has 0 heterocycles. The second-order valence-corrected chi connectivity index (χ2v) is 7.41. The summed E-state index contributed by atoms with van der Waals surface area (Å²) >= 11 is 4.83. The predicted octanol–water partition coefficient (Wildman–Crippen LogP) is 5.72. The van der Waals surface area contributed by atoms with Gasteiger partial charge in [-0.1, -0.05) is 12.1 Å². The van der Waals surface area contributed by atoms with Gasteiger partial charge in [-0.25, -0.2) is 0 Å². The third-order valence-electron chi connectivity index (χ3n) is 4.05. The summed E-state index contributed by atoms with van der Waals surface area (Å²) in [6.07, 6.45) is 1.03. The normalized spacial score (nSPS) is 10.8. The monoisotopic (exact) mass is 476 g/mol. The van der Waals surface area contributed by atoms with Crippen LogP contribution in [0.25, 0.3) is 0 Å². The molecule has 0 saturated heterocycles. The molecule has 0 nitrogen and oxygen atoms in total. The number of benzene rings is 2. The first-order valence-corrected chi connectivity index (χ1v) is 8.56. The molecule has 0 atom stereocenters. The van der Waals surface area contributed by atoms with Crippen LogP contribution in [0, 0.1) is 34.8 Å². The maximum absolute atomic E-state index is 2.41. The molecule has 2 heteroatoms. The van der Waals surface area contributed by atoms with Gasteiger partial charge in [0.2, 0.25) is 0 Å². The molecule has 19 heavy (non-hydrogen) atoms. The molecule has 0 radical (unpaired) electrons. The Kier molecular flexibility index (Phi) is 4.93. The van der Waals surface area contributed by atoms with E-state index in [-0.39, 0.29) is 0 Å². The van der Waals surface area contributed by atoms with E-state index in [9.17, 15) is 0 Å². The first-order valence-electron chi connectivity index (χ1n) is 6.41. The quantitative estimate of drug-likeness (QED) is 0.487. The topological polar surface area (TPSA) is 0 Å². The third-order valence-corrected chi connectivity index (χ3v) is 6.38. The van der Waals surface area contributed by atoms with Crippen molar-refractivity contribution in [1.29, 1.82) is 0 Å². The van der Waals surface area contributed by atoms with Crippen molar-refractivity contribution in [1.82, 2.24) is 0 Å². The molecule has 0 aliphatic rings. The van der Waals surface area contributed by atoms with Gasteiger partial charge in [-0.2, -0.15) is 0 Å². The molecule has 2 rings (SSSR count). The molecular weight excluding hydrogens is 458 g/mol. The first-order chi connectivity index (χ1) is 8.91. The van der Waals surface area contributed by atoms with Crippen LogP contribution in [-0.4, -0.2) is 0 Å². The van der Waals surface area contributed by atoms with E-state index in [0.717, 1.165) is 6.42 Å². The summed E-state index contributed by atoms with van der Waals surface area (Å²) in [5, 5.41) is 0. The van der Waals surface area contributed by atoms with Crippen LogP contribution in [0.2, 0.25) is 0 Å². The van der Waals surface area contributed by atoms with E-state index >= 15 is 0 Å². The molecular formula is C17H18I2. The maximum Gasteiger partial charge on any atom is 0.0162 e. The molecule has 0 N–H and O–H groups in total. The fourth-order valence-electron chi connectivity index (χ4n) is 2.28. The summed E-state index contributed by atoms with van der Waals surface area (Å²) in [6, 6.07) is 9.01. The van der Waals surface area contributed by atoms with Crippen LogP contribution in [-0.2, 0) is 6.42 Å². The molecule has 0 bridgehead atoms. The molecule has 0 spiro atoms. The SMILES string of the molecule is Cc1c(I)ccc(Cc2ccc(I)c(C)c2C)c1C. The lowest BCUT2D eigenvalue weighted by Gasteiger charge is -2.14. The minimum Gasteiger partial charge on any atom is -0.0574 e. The van der Waals surface area contributed by atoms with E-state index in [1.807, 2.05) is 0 Å². The Morgan fingerprint density at radius 3 is 1.37 bits per heavy atom. The molecule has 2 aromatic rings. The molecule has 0 amide bonds. The van der Waals surface area contributed by atoms with Crippen molar-refractivity contribution in [2.75, 3.05) is 0 Å². The predicted molar refractivity (Wildman–Crippen MR) is 100 cm³/mol. The zero-order valence-electron chi connectivity index (χ0n) is 11.8. The Balaban J connectivity index is 2.43. The van der Waals surface area contributed by atoms with E-state index in [2.05, 4.69) is 97.1 Å². The Morgan fingerprint density at radius 2 is 1.00 bits per heavy atom. The van der Waals surface area contributed by atoms with Gasteiger partial charge in [-0.3, -0.25) is 0 Å². The van der Waals surface area contributed by atoms with Crippen molar-refractivity contribution >= 4 is 45.2 Å². The van der Waals surface area contributed by atoms with Crippen LogP contribution in [0.5, 0.6) is 0 Å². The third kappa shape index (κ3) is 3.15. The summed E-state index contributed by atoms with van der Waals surface area (Å²) in [7, 11) is 0. The number of rotatable bonds is 2. The Hall–Kier alpha value is -0.100. The smallest absolute Gasteiger partial charge is 0.0162 e. The molecule has 0 aliphatic heterocycles. The first kappa shape index (κ1) is 15.3. The van der Waals surface area contributed by atoms with Crippen LogP contribution >= 0.6 is 45.2 Å². The number of hydrogen-bond acceptors (Lipinski definition) is 0. The van der Waals surface area contributed by atoms with Crippen molar-refractivity contribution in [2.45, 2.75) is 34.1 Å². The molecule has 0 unspecified atom stereocenters. The van der Waals surface area contributed by atoms with Crippen LogP contribution in [0.3, 0.4) is 0 Å². The molecule has 100 valence electrons. The molecule has 0 aliphatic carbocycles. The highest BCUT2D eigenvalue weighted by Gasteiger charge is 2.09. The van der Waals surface area contributed by atoms with Crippen LogP contribution in [0.15, 0.2) is 24.3 Å². The molecule has 0 aromatic heterocycles. The van der Waals surface area contributed by atoms with E-state index < -0.39 is 0 Å². The Bertz CT molecular complexity index is 572. The van der Waals surface area contributed by atoms with Crippen molar-refractivity contribution in [3.05, 3.63) is 64.8 Å². The lowest BCUT2D eigenvalue weighted by molar-refractivity contribution is 1.09. The summed E-state index contributed by atoms with van der Waals surface area (Å²) in [5.41, 5.74) is 8.59. The second-order valence-electron chi connectivity index (χ2n) is 5.09. The van der Waals surface area contributed by atoms with Crippen molar-refractivity contribution in [2.24, 2.45) is 0 Å². The van der Waals surface area contributed by atoms with Crippen LogP contribution in [0.4, 0.5) is 0 Å². The fourth-order valence-corrected chi connectivity index (χ4v) is 3.44. The highest BCUT2D eigenvalue weighted by atomic mass is 127. The Labute approximate surface area is 143 Å². The minimum absolute atomic E-state index is 1.03. The fraction of sp³-hybridized carbons (Fsp3) is 0.294. The van der Waals surface area contributed by atoms with Crippen LogP contribution in [0.1, 0.15) is 33.4 Å². The number of hydrogen-bond donors (Lipinski definition) is 0. The summed E-state index contributed by atoms with van der Waals surface area (Å²) < 4.78 is 2.71. The van der Waals surface area contributed by atoms with Crippen molar-refractivity contribution in [3.8, 4) is 0 Å². The van der Waals surface area contributed by atoms with Gasteiger partial charge in [-0.05, 0) is 125 Å². The van der Waals surface area contributed by atoms with E-state index in [1.165, 1.54) is 40.5 Å². The standard InChI is InChI=1S/C17H18I2/c1-10-12(3)16(18)7-5-14(10)9-15-6-8-17(19)13(4)11(15)2/h5-8H,9H2,1-4H3. The van der Waals surface area contributed by atoms with Gasteiger partial charge in [-0.15, -0.1) is 0 Å². The largest absolute Gasteiger partial charge is 0.0574 e. The van der Waals surface area contributed by atoms with Crippen molar-refractivity contribution in [3.63, 3.8) is 0 Å². The summed E-state index contributed by atoms with van der Waals surface area (Å²) in [5.74, 6) is 0. The zero-order chi connectivity index (χ0) is 14.2. The second kappa shape index (κ2) is 6.12. The lowest BCUT2D eigenvalue weighted by atomic mass is 9.93. The van der Waals surface area contributed by atoms with Crippen molar-refractivity contribution < 1.29 is 0 Å². The van der Waals surface area contributed by atoms with E-state index in [1.54, 1.807) is 0 Å². The average molecular weight is 476 g/mol. The van der Waals surface area contributed by atoms with E-state index in [4.69, 9.17) is 0 Å². The number of halogens is 2.